The number of anilines is 1. The van der Waals surface area contributed by atoms with Crippen molar-refractivity contribution in [1.29, 1.82) is 0 Å². The Morgan fingerprint density at radius 1 is 1.12 bits per heavy atom. The van der Waals surface area contributed by atoms with Crippen molar-refractivity contribution in [3.63, 3.8) is 0 Å². The van der Waals surface area contributed by atoms with Crippen LogP contribution in [0.2, 0.25) is 0 Å². The third-order valence-electron chi connectivity index (χ3n) is 4.34. The smallest absolute Gasteiger partial charge is 0.251 e. The average Bonchev–Trinajstić information content (AvgIpc) is 2.64. The van der Waals surface area contributed by atoms with E-state index in [4.69, 9.17) is 4.74 Å². The molecule has 0 aromatic heterocycles. The summed E-state index contributed by atoms with van der Waals surface area (Å²) in [4.78, 5) is 14.7. The van der Waals surface area contributed by atoms with Crippen LogP contribution in [0, 0.1) is 0 Å². The Bertz CT molecular complexity index is 695. The Kier molecular flexibility index (Phi) is 6.10. The van der Waals surface area contributed by atoms with E-state index in [0.29, 0.717) is 5.56 Å². The predicted octanol–water partition coefficient (Wildman–Crippen LogP) is 3.65. The molecule has 0 radical (unpaired) electrons. The normalized spacial score (nSPS) is 15.7. The highest BCUT2D eigenvalue weighted by Crippen LogP contribution is 2.17. The monoisotopic (exact) mass is 402 g/mol. The number of amides is 1. The highest BCUT2D eigenvalue weighted by atomic mass is 79.9. The molecule has 1 fully saturated rings. The number of halogens is 1. The van der Waals surface area contributed by atoms with Gasteiger partial charge in [0.25, 0.3) is 5.91 Å². The number of nitrogens with zero attached hydrogens (tertiary/aromatic N) is 1. The first-order valence-electron chi connectivity index (χ1n) is 8.60. The van der Waals surface area contributed by atoms with E-state index in [1.54, 1.807) is 0 Å². The molecule has 0 bridgehead atoms. The van der Waals surface area contributed by atoms with Gasteiger partial charge >= 0.3 is 0 Å². The van der Waals surface area contributed by atoms with Gasteiger partial charge < -0.3 is 15.0 Å². The van der Waals surface area contributed by atoms with Crippen LogP contribution < -0.4 is 10.2 Å². The Balaban J connectivity index is 1.55. The van der Waals surface area contributed by atoms with Gasteiger partial charge in [-0.05, 0) is 55.3 Å². The second-order valence-corrected chi connectivity index (χ2v) is 7.27. The summed E-state index contributed by atoms with van der Waals surface area (Å²) in [6.07, 6.45) is 0.810. The van der Waals surface area contributed by atoms with Crippen molar-refractivity contribution in [2.24, 2.45) is 0 Å². The third-order valence-corrected chi connectivity index (χ3v) is 4.87. The van der Waals surface area contributed by atoms with E-state index in [1.807, 2.05) is 43.3 Å². The molecule has 2 aromatic carbocycles. The molecule has 0 spiro atoms. The molecule has 1 N–H and O–H groups in total. The molecule has 25 heavy (non-hydrogen) atoms. The molecule has 0 aliphatic carbocycles. The number of ether oxygens (including phenoxy) is 1. The summed E-state index contributed by atoms with van der Waals surface area (Å²) in [6, 6.07) is 16.1. The van der Waals surface area contributed by atoms with Gasteiger partial charge in [0.15, 0.2) is 0 Å². The minimum absolute atomic E-state index is 0.0295. The van der Waals surface area contributed by atoms with Crippen LogP contribution >= 0.6 is 15.9 Å². The maximum atomic E-state index is 12.4. The molecule has 1 aliphatic heterocycles. The highest BCUT2D eigenvalue weighted by Gasteiger charge is 2.13. The lowest BCUT2D eigenvalue weighted by molar-refractivity contribution is 0.0940. The van der Waals surface area contributed by atoms with E-state index in [2.05, 4.69) is 38.3 Å². The summed E-state index contributed by atoms with van der Waals surface area (Å²) in [5.41, 5.74) is 3.04. The number of hydrogen-bond donors (Lipinski definition) is 1. The minimum atomic E-state index is -0.0295. The Morgan fingerprint density at radius 3 is 2.40 bits per heavy atom. The maximum absolute atomic E-state index is 12.4. The highest BCUT2D eigenvalue weighted by molar-refractivity contribution is 9.10. The molecular weight excluding hydrogens is 380 g/mol. The molecule has 0 saturated carbocycles. The standard InChI is InChI=1S/C20H23BrN2O2/c1-15(14-16-2-6-18(21)7-3-16)22-20(24)17-4-8-19(9-5-17)23-10-12-25-13-11-23/h2-9,15H,10-14H2,1H3,(H,22,24). The van der Waals surface area contributed by atoms with Gasteiger partial charge in [0.2, 0.25) is 0 Å². The fraction of sp³-hybridized carbons (Fsp3) is 0.350. The van der Waals surface area contributed by atoms with Gasteiger partial charge in [-0.15, -0.1) is 0 Å². The molecule has 1 saturated heterocycles. The van der Waals surface area contributed by atoms with E-state index in [-0.39, 0.29) is 11.9 Å². The second kappa shape index (κ2) is 8.50. The van der Waals surface area contributed by atoms with Crippen LogP contribution in [0.3, 0.4) is 0 Å². The van der Waals surface area contributed by atoms with Crippen molar-refractivity contribution in [2.45, 2.75) is 19.4 Å². The zero-order valence-electron chi connectivity index (χ0n) is 14.4. The molecule has 2 aromatic rings. The third kappa shape index (κ3) is 5.06. The molecule has 3 rings (SSSR count). The van der Waals surface area contributed by atoms with Crippen LogP contribution in [0.5, 0.6) is 0 Å². The van der Waals surface area contributed by atoms with Crippen molar-refractivity contribution >= 4 is 27.5 Å². The first-order chi connectivity index (χ1) is 12.1. The lowest BCUT2D eigenvalue weighted by atomic mass is 10.1. The summed E-state index contributed by atoms with van der Waals surface area (Å²) in [5.74, 6) is -0.0295. The fourth-order valence-electron chi connectivity index (χ4n) is 2.98. The molecular formula is C20H23BrN2O2. The van der Waals surface area contributed by atoms with Crippen LogP contribution in [0.15, 0.2) is 53.0 Å². The van der Waals surface area contributed by atoms with Gasteiger partial charge in [-0.1, -0.05) is 28.1 Å². The van der Waals surface area contributed by atoms with Crippen molar-refractivity contribution in [3.8, 4) is 0 Å². The largest absolute Gasteiger partial charge is 0.378 e. The number of carbonyl (C=O) groups excluding carboxylic acids is 1. The molecule has 4 nitrogen and oxygen atoms in total. The van der Waals surface area contributed by atoms with Crippen LogP contribution in [-0.4, -0.2) is 38.3 Å². The van der Waals surface area contributed by atoms with Crippen molar-refractivity contribution in [2.75, 3.05) is 31.2 Å². The Morgan fingerprint density at radius 2 is 1.76 bits per heavy atom. The summed E-state index contributed by atoms with van der Waals surface area (Å²) < 4.78 is 6.44. The number of nitrogens with one attached hydrogen (secondary N) is 1. The minimum Gasteiger partial charge on any atom is -0.378 e. The van der Waals surface area contributed by atoms with Crippen LogP contribution in [0.4, 0.5) is 5.69 Å². The Hall–Kier alpha value is -1.85. The first-order valence-corrected chi connectivity index (χ1v) is 9.39. The number of rotatable bonds is 5. The van der Waals surface area contributed by atoms with E-state index in [1.165, 1.54) is 5.56 Å². The average molecular weight is 403 g/mol. The summed E-state index contributed by atoms with van der Waals surface area (Å²) in [5, 5.41) is 3.07. The van der Waals surface area contributed by atoms with Gasteiger partial charge in [0.05, 0.1) is 13.2 Å². The first kappa shape index (κ1) is 18.0. The topological polar surface area (TPSA) is 41.6 Å². The molecule has 1 aliphatic rings. The van der Waals surface area contributed by atoms with E-state index >= 15 is 0 Å². The molecule has 1 heterocycles. The van der Waals surface area contributed by atoms with Gasteiger partial charge in [-0.3, -0.25) is 4.79 Å². The van der Waals surface area contributed by atoms with Crippen LogP contribution in [0.25, 0.3) is 0 Å². The Labute approximate surface area is 157 Å². The number of carbonyl (C=O) groups is 1. The quantitative estimate of drug-likeness (QED) is 0.829. The molecule has 1 amide bonds. The predicted molar refractivity (Wildman–Crippen MR) is 104 cm³/mol. The van der Waals surface area contributed by atoms with Crippen LogP contribution in [-0.2, 0) is 11.2 Å². The van der Waals surface area contributed by atoms with Crippen molar-refractivity contribution in [1.82, 2.24) is 5.32 Å². The lowest BCUT2D eigenvalue weighted by Gasteiger charge is -2.28. The fourth-order valence-corrected chi connectivity index (χ4v) is 3.24. The number of hydrogen-bond acceptors (Lipinski definition) is 3. The van der Waals surface area contributed by atoms with Gasteiger partial charge in [0, 0.05) is 34.9 Å². The lowest BCUT2D eigenvalue weighted by Crippen LogP contribution is -2.36. The van der Waals surface area contributed by atoms with Gasteiger partial charge in [-0.2, -0.15) is 0 Å². The molecule has 5 heteroatoms. The zero-order chi connectivity index (χ0) is 17.6. The van der Waals surface area contributed by atoms with E-state index in [0.717, 1.165) is 42.9 Å². The van der Waals surface area contributed by atoms with Crippen LogP contribution in [0.1, 0.15) is 22.8 Å². The van der Waals surface area contributed by atoms with Gasteiger partial charge in [0.1, 0.15) is 0 Å². The maximum Gasteiger partial charge on any atom is 0.251 e. The number of benzene rings is 2. The summed E-state index contributed by atoms with van der Waals surface area (Å²) in [6.45, 7) is 5.35. The van der Waals surface area contributed by atoms with E-state index < -0.39 is 0 Å². The summed E-state index contributed by atoms with van der Waals surface area (Å²) in [7, 11) is 0. The molecule has 132 valence electrons. The molecule has 1 atom stereocenters. The van der Waals surface area contributed by atoms with E-state index in [9.17, 15) is 4.79 Å². The molecule has 1 unspecified atom stereocenters. The van der Waals surface area contributed by atoms with Crippen molar-refractivity contribution < 1.29 is 9.53 Å². The summed E-state index contributed by atoms with van der Waals surface area (Å²) >= 11 is 3.44. The zero-order valence-corrected chi connectivity index (χ0v) is 16.0. The number of morpholine rings is 1. The SMILES string of the molecule is CC(Cc1ccc(Br)cc1)NC(=O)c1ccc(N2CCOCC2)cc1. The van der Waals surface area contributed by atoms with Crippen molar-refractivity contribution in [3.05, 3.63) is 64.1 Å². The second-order valence-electron chi connectivity index (χ2n) is 6.35. The van der Waals surface area contributed by atoms with Gasteiger partial charge in [-0.25, -0.2) is 0 Å².